The summed E-state index contributed by atoms with van der Waals surface area (Å²) in [5, 5.41) is 0. The number of rotatable bonds is 3. The third-order valence-corrected chi connectivity index (χ3v) is 1.86. The van der Waals surface area contributed by atoms with E-state index >= 15 is 0 Å². The first-order chi connectivity index (χ1) is 6.79. The molecule has 0 atom stereocenters. The molecule has 0 aromatic heterocycles. The molecule has 1 nitrogen and oxygen atoms in total. The van der Waals surface area contributed by atoms with E-state index < -0.39 is 0 Å². The molecule has 0 aliphatic heterocycles. The minimum Gasteiger partial charge on any atom is -0.496 e. The third kappa shape index (κ3) is 3.25. The Morgan fingerprint density at radius 3 is 2.50 bits per heavy atom. The molecule has 0 unspecified atom stereocenters. The van der Waals surface area contributed by atoms with Crippen LogP contribution in [0, 0.1) is 6.92 Å². The van der Waals surface area contributed by atoms with Gasteiger partial charge in [0, 0.05) is 0 Å². The van der Waals surface area contributed by atoms with Gasteiger partial charge in [0.05, 0.1) is 7.11 Å². The van der Waals surface area contributed by atoms with E-state index in [1.54, 1.807) is 7.11 Å². The lowest BCUT2D eigenvalue weighted by Gasteiger charge is -2.08. The molecule has 0 fully saturated rings. The summed E-state index contributed by atoms with van der Waals surface area (Å²) >= 11 is 0. The van der Waals surface area contributed by atoms with Gasteiger partial charge in [-0.2, -0.15) is 0 Å². The average Bonchev–Trinajstić information content (AvgIpc) is 2.22. The van der Waals surface area contributed by atoms with Crippen molar-refractivity contribution in [2.75, 3.05) is 7.11 Å². The molecule has 0 bridgehead atoms. The number of methoxy groups -OCH3 is 1. The van der Waals surface area contributed by atoms with E-state index in [2.05, 4.69) is 12.6 Å². The minimum atomic E-state index is 0.866. The standard InChI is InChI=1S/C11H14O.C2H6/c1-4-6-10-8-5-7-9(2)11(10)12-3;1-2/h4-5,7-8H,1,6H2,2-3H3;1-2H3. The second kappa shape index (κ2) is 7.19. The molecule has 78 valence electrons. The largest absolute Gasteiger partial charge is 0.496 e. The van der Waals surface area contributed by atoms with Gasteiger partial charge in [-0.15, -0.1) is 6.58 Å². The van der Waals surface area contributed by atoms with E-state index in [1.807, 2.05) is 39.0 Å². The maximum absolute atomic E-state index is 5.28. The molecular weight excluding hydrogens is 172 g/mol. The van der Waals surface area contributed by atoms with Crippen molar-refractivity contribution in [3.63, 3.8) is 0 Å². The second-order valence-electron chi connectivity index (χ2n) is 2.76. The van der Waals surface area contributed by atoms with Crippen LogP contribution >= 0.6 is 0 Å². The summed E-state index contributed by atoms with van der Waals surface area (Å²) in [6.07, 6.45) is 2.75. The van der Waals surface area contributed by atoms with E-state index in [0.29, 0.717) is 0 Å². The van der Waals surface area contributed by atoms with E-state index in [4.69, 9.17) is 4.74 Å². The van der Waals surface area contributed by atoms with Crippen molar-refractivity contribution >= 4 is 0 Å². The summed E-state index contributed by atoms with van der Waals surface area (Å²) < 4.78 is 5.28. The lowest BCUT2D eigenvalue weighted by molar-refractivity contribution is 0.407. The smallest absolute Gasteiger partial charge is 0.125 e. The molecule has 1 heteroatoms. The quantitative estimate of drug-likeness (QED) is 0.663. The first-order valence-electron chi connectivity index (χ1n) is 5.03. The highest BCUT2D eigenvalue weighted by Crippen LogP contribution is 2.23. The Bertz CT molecular complexity index is 277. The summed E-state index contributed by atoms with van der Waals surface area (Å²) in [4.78, 5) is 0. The Morgan fingerprint density at radius 2 is 2.00 bits per heavy atom. The number of aryl methyl sites for hydroxylation is 1. The summed E-state index contributed by atoms with van der Waals surface area (Å²) in [5.41, 5.74) is 2.38. The van der Waals surface area contributed by atoms with E-state index in [9.17, 15) is 0 Å². The predicted molar refractivity (Wildman–Crippen MR) is 63.0 cm³/mol. The molecule has 1 aromatic carbocycles. The first-order valence-corrected chi connectivity index (χ1v) is 5.03. The summed E-state index contributed by atoms with van der Waals surface area (Å²) in [6.45, 7) is 9.75. The van der Waals surface area contributed by atoms with Gasteiger partial charge in [0.25, 0.3) is 0 Å². The van der Waals surface area contributed by atoms with Crippen LogP contribution in [-0.4, -0.2) is 7.11 Å². The van der Waals surface area contributed by atoms with Crippen molar-refractivity contribution in [3.05, 3.63) is 42.0 Å². The molecule has 0 spiro atoms. The van der Waals surface area contributed by atoms with Crippen molar-refractivity contribution in [1.29, 1.82) is 0 Å². The maximum Gasteiger partial charge on any atom is 0.125 e. The van der Waals surface area contributed by atoms with Crippen molar-refractivity contribution in [2.45, 2.75) is 27.2 Å². The molecule has 0 aliphatic carbocycles. The Hall–Kier alpha value is -1.24. The molecule has 0 aliphatic rings. The highest BCUT2D eigenvalue weighted by atomic mass is 16.5. The third-order valence-electron chi connectivity index (χ3n) is 1.86. The van der Waals surface area contributed by atoms with Crippen molar-refractivity contribution in [3.8, 4) is 5.75 Å². The average molecular weight is 192 g/mol. The number of benzene rings is 1. The van der Waals surface area contributed by atoms with Crippen molar-refractivity contribution < 1.29 is 4.74 Å². The summed E-state index contributed by atoms with van der Waals surface area (Å²) in [6, 6.07) is 6.15. The molecular formula is C13H20O. The monoisotopic (exact) mass is 192 g/mol. The molecule has 0 saturated heterocycles. The number of hydrogen-bond acceptors (Lipinski definition) is 1. The molecule has 0 heterocycles. The van der Waals surface area contributed by atoms with Gasteiger partial charge in [0.15, 0.2) is 0 Å². The van der Waals surface area contributed by atoms with Gasteiger partial charge in [0.2, 0.25) is 0 Å². The van der Waals surface area contributed by atoms with Gasteiger partial charge in [-0.1, -0.05) is 38.1 Å². The summed E-state index contributed by atoms with van der Waals surface area (Å²) in [7, 11) is 1.70. The minimum absolute atomic E-state index is 0.866. The van der Waals surface area contributed by atoms with Crippen LogP contribution < -0.4 is 4.74 Å². The number of ether oxygens (including phenoxy) is 1. The zero-order valence-electron chi connectivity index (χ0n) is 9.63. The van der Waals surface area contributed by atoms with Crippen molar-refractivity contribution in [1.82, 2.24) is 0 Å². The van der Waals surface area contributed by atoms with E-state index in [0.717, 1.165) is 12.2 Å². The fourth-order valence-electron chi connectivity index (χ4n) is 1.32. The van der Waals surface area contributed by atoms with Crippen LogP contribution in [0.5, 0.6) is 5.75 Å². The Labute approximate surface area is 87.4 Å². The van der Waals surface area contributed by atoms with E-state index in [1.165, 1.54) is 11.1 Å². The van der Waals surface area contributed by atoms with Gasteiger partial charge < -0.3 is 4.74 Å². The van der Waals surface area contributed by atoms with Crippen LogP contribution in [0.2, 0.25) is 0 Å². The molecule has 0 N–H and O–H groups in total. The van der Waals surface area contributed by atoms with Crippen LogP contribution in [0.25, 0.3) is 0 Å². The van der Waals surface area contributed by atoms with E-state index in [-0.39, 0.29) is 0 Å². The highest BCUT2D eigenvalue weighted by molar-refractivity contribution is 5.41. The molecule has 0 amide bonds. The predicted octanol–water partition coefficient (Wildman–Crippen LogP) is 3.76. The summed E-state index contributed by atoms with van der Waals surface area (Å²) in [5.74, 6) is 0.984. The van der Waals surface area contributed by atoms with Crippen LogP contribution in [0.3, 0.4) is 0 Å². The Morgan fingerprint density at radius 1 is 1.36 bits per heavy atom. The lowest BCUT2D eigenvalue weighted by atomic mass is 10.1. The second-order valence-corrected chi connectivity index (χ2v) is 2.76. The Kier molecular flexibility index (Phi) is 6.55. The van der Waals surface area contributed by atoms with Gasteiger partial charge in [-0.3, -0.25) is 0 Å². The zero-order valence-corrected chi connectivity index (χ0v) is 9.63. The fraction of sp³-hybridized carbons (Fsp3) is 0.385. The number of allylic oxidation sites excluding steroid dienone is 1. The highest BCUT2D eigenvalue weighted by Gasteiger charge is 2.02. The van der Waals surface area contributed by atoms with Gasteiger partial charge in [-0.05, 0) is 24.5 Å². The lowest BCUT2D eigenvalue weighted by Crippen LogP contribution is -1.92. The topological polar surface area (TPSA) is 9.23 Å². The van der Waals surface area contributed by atoms with Gasteiger partial charge in [-0.25, -0.2) is 0 Å². The van der Waals surface area contributed by atoms with Gasteiger partial charge >= 0.3 is 0 Å². The molecule has 1 aromatic rings. The number of hydrogen-bond donors (Lipinski definition) is 0. The molecule has 0 saturated carbocycles. The van der Waals surface area contributed by atoms with Crippen LogP contribution in [0.1, 0.15) is 25.0 Å². The Balaban J connectivity index is 0.000000791. The fourth-order valence-corrected chi connectivity index (χ4v) is 1.32. The zero-order chi connectivity index (χ0) is 11.0. The van der Waals surface area contributed by atoms with Crippen LogP contribution in [0.4, 0.5) is 0 Å². The van der Waals surface area contributed by atoms with Crippen LogP contribution in [-0.2, 0) is 6.42 Å². The molecule has 1 rings (SSSR count). The normalized spacial score (nSPS) is 8.57. The SMILES string of the molecule is C=CCc1cccc(C)c1OC.CC. The van der Waals surface area contributed by atoms with Crippen LogP contribution in [0.15, 0.2) is 30.9 Å². The maximum atomic E-state index is 5.28. The molecule has 14 heavy (non-hydrogen) atoms. The number of para-hydroxylation sites is 1. The molecule has 0 radical (unpaired) electrons. The van der Waals surface area contributed by atoms with Gasteiger partial charge in [0.1, 0.15) is 5.75 Å². The first kappa shape index (κ1) is 12.8. The van der Waals surface area contributed by atoms with Crippen molar-refractivity contribution in [2.24, 2.45) is 0 Å².